The van der Waals surface area contributed by atoms with Crippen LogP contribution in [0.2, 0.25) is 0 Å². The minimum Gasteiger partial charge on any atom is -0.356 e. The molecule has 0 unspecified atom stereocenters. The highest BCUT2D eigenvalue weighted by atomic mass is 32.2. The van der Waals surface area contributed by atoms with Crippen molar-refractivity contribution in [2.45, 2.75) is 49.2 Å². The molecule has 1 aliphatic carbocycles. The molecule has 2 atom stereocenters. The second-order valence-corrected chi connectivity index (χ2v) is 13.7. The van der Waals surface area contributed by atoms with Crippen molar-refractivity contribution < 1.29 is 13.2 Å². The van der Waals surface area contributed by atoms with Gasteiger partial charge >= 0.3 is 0 Å². The molecular weight excluding hydrogens is 563 g/mol. The van der Waals surface area contributed by atoms with E-state index in [9.17, 15) is 8.42 Å². The van der Waals surface area contributed by atoms with Crippen molar-refractivity contribution in [2.75, 3.05) is 0 Å². The molecule has 44 heavy (non-hydrogen) atoms. The largest absolute Gasteiger partial charge is 0.356 e. The predicted octanol–water partition coefficient (Wildman–Crippen LogP) is 9.00. The first-order valence-electron chi connectivity index (χ1n) is 15.2. The van der Waals surface area contributed by atoms with E-state index in [-0.39, 0.29) is 16.7 Å². The fourth-order valence-electron chi connectivity index (χ4n) is 7.21. The van der Waals surface area contributed by atoms with E-state index >= 15 is 0 Å². The Morgan fingerprint density at radius 1 is 0.682 bits per heavy atom. The standard InChI is InChI=1S/C39H35NO3S/c1-28-25-29(2)37-36(28)31(26-30-23-24-40(38(30)37)44(41,42)35-21-13-6-14-22-35)27-43-39(32-15-7-3-8-16-32,33-17-9-4-10-18-33)34-19-11-5-12-20-34/h3-24,26,28-29H,25,27H2,1-2H3/t28-,29+/m1/s1. The zero-order valence-corrected chi connectivity index (χ0v) is 25.7. The number of fused-ring (bicyclic) bond motifs is 3. The lowest BCUT2D eigenvalue weighted by molar-refractivity contribution is -0.0000956. The van der Waals surface area contributed by atoms with Crippen LogP contribution in [0, 0.1) is 0 Å². The molecule has 7 rings (SSSR count). The number of benzene rings is 5. The molecule has 4 nitrogen and oxygen atoms in total. The van der Waals surface area contributed by atoms with Crippen LogP contribution in [0.25, 0.3) is 10.9 Å². The molecular formula is C39H35NO3S. The van der Waals surface area contributed by atoms with E-state index in [0.29, 0.717) is 6.61 Å². The van der Waals surface area contributed by atoms with Crippen LogP contribution in [0.4, 0.5) is 0 Å². The van der Waals surface area contributed by atoms with Gasteiger partial charge in [-0.3, -0.25) is 0 Å². The van der Waals surface area contributed by atoms with Crippen LogP contribution in [0.5, 0.6) is 0 Å². The average Bonchev–Trinajstić information content (AvgIpc) is 3.63. The lowest BCUT2D eigenvalue weighted by Gasteiger charge is -2.36. The van der Waals surface area contributed by atoms with E-state index in [4.69, 9.17) is 4.74 Å². The van der Waals surface area contributed by atoms with E-state index in [1.54, 1.807) is 30.5 Å². The van der Waals surface area contributed by atoms with Crippen molar-refractivity contribution in [2.24, 2.45) is 0 Å². The molecule has 0 amide bonds. The fraction of sp³-hybridized carbons (Fsp3) is 0.179. The lowest BCUT2D eigenvalue weighted by Crippen LogP contribution is -2.33. The Morgan fingerprint density at radius 3 is 1.68 bits per heavy atom. The Labute approximate surface area is 259 Å². The summed E-state index contributed by atoms with van der Waals surface area (Å²) in [6, 6.07) is 44.0. The number of aromatic nitrogens is 1. The molecule has 0 aliphatic heterocycles. The molecule has 0 N–H and O–H groups in total. The summed E-state index contributed by atoms with van der Waals surface area (Å²) in [6.45, 7) is 4.82. The highest BCUT2D eigenvalue weighted by Crippen LogP contribution is 2.49. The van der Waals surface area contributed by atoms with E-state index in [1.807, 2.05) is 30.3 Å². The minimum absolute atomic E-state index is 0.212. The second-order valence-electron chi connectivity index (χ2n) is 11.8. The number of ether oxygens (including phenoxy) is 1. The summed E-state index contributed by atoms with van der Waals surface area (Å²) < 4.78 is 36.4. The van der Waals surface area contributed by atoms with Crippen LogP contribution < -0.4 is 0 Å². The number of hydrogen-bond acceptors (Lipinski definition) is 3. The summed E-state index contributed by atoms with van der Waals surface area (Å²) in [4.78, 5) is 0.288. The first kappa shape index (κ1) is 28.3. The summed E-state index contributed by atoms with van der Waals surface area (Å²) in [6.07, 6.45) is 2.66. The third-order valence-corrected chi connectivity index (χ3v) is 10.8. The molecule has 1 aromatic heterocycles. The summed E-state index contributed by atoms with van der Waals surface area (Å²) in [5, 5.41) is 0.910. The Kier molecular flexibility index (Phi) is 7.23. The van der Waals surface area contributed by atoms with Gasteiger partial charge in [-0.1, -0.05) is 123 Å². The first-order chi connectivity index (χ1) is 21.4. The SMILES string of the molecule is C[C@@H]1C[C@H](C)c2c1c(COC(c1ccccc1)(c1ccccc1)c1ccccc1)cc1ccn(S(=O)(=O)c3ccccc3)c21. The topological polar surface area (TPSA) is 48.3 Å². The monoisotopic (exact) mass is 597 g/mol. The maximum atomic E-state index is 13.8. The molecule has 5 heteroatoms. The average molecular weight is 598 g/mol. The zero-order valence-electron chi connectivity index (χ0n) is 24.9. The first-order valence-corrected chi connectivity index (χ1v) is 16.6. The van der Waals surface area contributed by atoms with Gasteiger partial charge in [-0.2, -0.15) is 0 Å². The fourth-order valence-corrected chi connectivity index (χ4v) is 8.61. The maximum absolute atomic E-state index is 13.8. The maximum Gasteiger partial charge on any atom is 0.268 e. The Balaban J connectivity index is 1.40. The van der Waals surface area contributed by atoms with Crippen molar-refractivity contribution in [3.05, 3.63) is 173 Å². The van der Waals surface area contributed by atoms with Crippen LogP contribution in [-0.4, -0.2) is 12.4 Å². The van der Waals surface area contributed by atoms with Gasteiger partial charge in [-0.15, -0.1) is 0 Å². The normalized spacial score (nSPS) is 16.7. The molecule has 1 aliphatic rings. The van der Waals surface area contributed by atoms with Gasteiger partial charge in [-0.05, 0) is 75.9 Å². The summed E-state index contributed by atoms with van der Waals surface area (Å²) in [5.41, 5.74) is 6.52. The molecule has 220 valence electrons. The quantitative estimate of drug-likeness (QED) is 0.165. The Hall–Kier alpha value is -4.45. The highest BCUT2D eigenvalue weighted by molar-refractivity contribution is 7.90. The predicted molar refractivity (Wildman–Crippen MR) is 176 cm³/mol. The summed E-state index contributed by atoms with van der Waals surface area (Å²) in [5.74, 6) is 0.481. The molecule has 0 spiro atoms. The third kappa shape index (κ3) is 4.59. The van der Waals surface area contributed by atoms with Crippen molar-refractivity contribution in [3.63, 3.8) is 0 Å². The van der Waals surface area contributed by atoms with E-state index in [0.717, 1.165) is 45.1 Å². The van der Waals surface area contributed by atoms with E-state index in [1.165, 1.54) is 9.54 Å². The number of nitrogens with zero attached hydrogens (tertiary/aromatic N) is 1. The van der Waals surface area contributed by atoms with Crippen molar-refractivity contribution in [1.82, 2.24) is 3.97 Å². The summed E-state index contributed by atoms with van der Waals surface area (Å²) >= 11 is 0. The van der Waals surface area contributed by atoms with E-state index in [2.05, 4.69) is 92.7 Å². The van der Waals surface area contributed by atoms with Crippen LogP contribution in [0.1, 0.15) is 65.5 Å². The van der Waals surface area contributed by atoms with Gasteiger partial charge < -0.3 is 4.74 Å². The van der Waals surface area contributed by atoms with Crippen LogP contribution in [-0.2, 0) is 27.0 Å². The van der Waals surface area contributed by atoms with Gasteiger partial charge in [-0.25, -0.2) is 12.4 Å². The number of hydrogen-bond donors (Lipinski definition) is 0. The Morgan fingerprint density at radius 2 is 1.16 bits per heavy atom. The van der Waals surface area contributed by atoms with Crippen LogP contribution in [0.3, 0.4) is 0 Å². The molecule has 0 saturated heterocycles. The third-order valence-electron chi connectivity index (χ3n) is 9.08. The molecule has 6 aromatic rings. The van der Waals surface area contributed by atoms with E-state index < -0.39 is 15.6 Å². The zero-order chi connectivity index (χ0) is 30.3. The minimum atomic E-state index is -3.76. The Bertz CT molecular complexity index is 1920. The van der Waals surface area contributed by atoms with Gasteiger partial charge in [0.05, 0.1) is 17.0 Å². The van der Waals surface area contributed by atoms with Crippen LogP contribution in [0.15, 0.2) is 145 Å². The van der Waals surface area contributed by atoms with Gasteiger partial charge in [0.2, 0.25) is 0 Å². The molecule has 0 radical (unpaired) electrons. The van der Waals surface area contributed by atoms with Crippen molar-refractivity contribution >= 4 is 20.9 Å². The van der Waals surface area contributed by atoms with Crippen molar-refractivity contribution in [1.29, 1.82) is 0 Å². The molecule has 0 saturated carbocycles. The lowest BCUT2D eigenvalue weighted by atomic mass is 9.80. The van der Waals surface area contributed by atoms with Gasteiger partial charge in [0.25, 0.3) is 10.0 Å². The van der Waals surface area contributed by atoms with Gasteiger partial charge in [0.1, 0.15) is 5.60 Å². The summed E-state index contributed by atoms with van der Waals surface area (Å²) in [7, 11) is -3.76. The van der Waals surface area contributed by atoms with Crippen molar-refractivity contribution in [3.8, 4) is 0 Å². The van der Waals surface area contributed by atoms with Gasteiger partial charge in [0, 0.05) is 11.6 Å². The molecule has 1 heterocycles. The molecule has 0 bridgehead atoms. The number of rotatable bonds is 8. The van der Waals surface area contributed by atoms with Crippen LogP contribution >= 0.6 is 0 Å². The molecule has 0 fully saturated rings. The molecule has 5 aromatic carbocycles. The van der Waals surface area contributed by atoms with Gasteiger partial charge in [0.15, 0.2) is 0 Å². The second kappa shape index (κ2) is 11.2. The highest BCUT2D eigenvalue weighted by Gasteiger charge is 2.39. The smallest absolute Gasteiger partial charge is 0.268 e.